The summed E-state index contributed by atoms with van der Waals surface area (Å²) in [6, 6.07) is 9.08. The molecule has 0 saturated heterocycles. The minimum atomic E-state index is -0.208. The molecule has 4 heteroatoms. The Morgan fingerprint density at radius 1 is 1.04 bits per heavy atom. The number of hydrogen-bond donors (Lipinski definition) is 0. The van der Waals surface area contributed by atoms with Gasteiger partial charge in [0.2, 0.25) is 0 Å². The lowest BCUT2D eigenvalue weighted by Crippen LogP contribution is -2.40. The fraction of sp³-hybridized carbons (Fsp3) is 0.333. The first kappa shape index (κ1) is 17.2. The van der Waals surface area contributed by atoms with E-state index in [-0.39, 0.29) is 11.8 Å². The van der Waals surface area contributed by atoms with Crippen LogP contribution in [0.25, 0.3) is 10.8 Å². The van der Waals surface area contributed by atoms with Crippen LogP contribution in [0.2, 0.25) is 0 Å². The molecule has 2 aromatic carbocycles. The van der Waals surface area contributed by atoms with Crippen LogP contribution in [-0.2, 0) is 0 Å². The van der Waals surface area contributed by atoms with Crippen molar-refractivity contribution in [2.75, 3.05) is 13.2 Å². The second-order valence-electron chi connectivity index (χ2n) is 6.26. The Hall–Kier alpha value is -2.62. The summed E-state index contributed by atoms with van der Waals surface area (Å²) >= 11 is 0. The van der Waals surface area contributed by atoms with Crippen LogP contribution in [0.3, 0.4) is 0 Å². The molecular weight excluding hydrogens is 314 g/mol. The maximum absolute atomic E-state index is 12.9. The highest BCUT2D eigenvalue weighted by molar-refractivity contribution is 6.26. The summed E-state index contributed by atoms with van der Waals surface area (Å²) in [6.45, 7) is 6.65. The molecule has 25 heavy (non-hydrogen) atoms. The molecule has 0 atom stereocenters. The Labute approximate surface area is 148 Å². The number of unbranched alkanes of at least 4 members (excludes halogenated alkanes) is 3. The number of imide groups is 1. The number of ether oxygens (including phenoxy) is 1. The van der Waals surface area contributed by atoms with Gasteiger partial charge in [0.05, 0.1) is 0 Å². The maximum Gasteiger partial charge on any atom is 0.261 e. The fourth-order valence-electron chi connectivity index (χ4n) is 3.29. The summed E-state index contributed by atoms with van der Waals surface area (Å²) < 4.78 is 5.68. The summed E-state index contributed by atoms with van der Waals surface area (Å²) in [5.74, 6) is 0.249. The van der Waals surface area contributed by atoms with Crippen LogP contribution in [0.4, 0.5) is 0 Å². The van der Waals surface area contributed by atoms with E-state index in [1.165, 1.54) is 4.90 Å². The molecule has 0 aromatic heterocycles. The van der Waals surface area contributed by atoms with Gasteiger partial charge in [-0.25, -0.2) is 0 Å². The number of nitrogens with zero attached hydrogens (tertiary/aromatic N) is 1. The molecular formula is C21H23NO3. The van der Waals surface area contributed by atoms with Crippen LogP contribution in [0.1, 0.15) is 53.3 Å². The zero-order valence-corrected chi connectivity index (χ0v) is 14.6. The number of rotatable bonds is 8. The third-order valence-corrected chi connectivity index (χ3v) is 4.54. The van der Waals surface area contributed by atoms with Gasteiger partial charge in [0.15, 0.2) is 0 Å². The molecule has 2 amide bonds. The van der Waals surface area contributed by atoms with Gasteiger partial charge in [0, 0.05) is 28.4 Å². The largest absolute Gasteiger partial charge is 0.489 e. The second kappa shape index (κ2) is 7.51. The molecule has 0 N–H and O–H groups in total. The third-order valence-electron chi connectivity index (χ3n) is 4.54. The highest BCUT2D eigenvalue weighted by Crippen LogP contribution is 2.35. The summed E-state index contributed by atoms with van der Waals surface area (Å²) in [5.41, 5.74) is 1.15. The van der Waals surface area contributed by atoms with Gasteiger partial charge in [0.25, 0.3) is 11.8 Å². The lowest BCUT2D eigenvalue weighted by molar-refractivity contribution is 0.0608. The van der Waals surface area contributed by atoms with Gasteiger partial charge in [-0.2, -0.15) is 0 Å². The quantitative estimate of drug-likeness (QED) is 0.402. The molecule has 130 valence electrons. The Morgan fingerprint density at radius 3 is 2.52 bits per heavy atom. The van der Waals surface area contributed by atoms with E-state index in [9.17, 15) is 9.59 Å². The van der Waals surface area contributed by atoms with Crippen LogP contribution in [0.5, 0.6) is 5.75 Å². The zero-order chi connectivity index (χ0) is 17.8. The monoisotopic (exact) mass is 337 g/mol. The predicted octanol–water partition coefficient (Wildman–Crippen LogP) is 4.58. The van der Waals surface area contributed by atoms with E-state index in [0.29, 0.717) is 35.4 Å². The SMILES string of the molecule is C=CCOc1ccc2c3c(cccc13)C(=O)N(CCCCCC)C2=O. The highest BCUT2D eigenvalue weighted by Gasteiger charge is 2.32. The normalized spacial score (nSPS) is 13.4. The summed E-state index contributed by atoms with van der Waals surface area (Å²) in [6.07, 6.45) is 5.78. The highest BCUT2D eigenvalue weighted by atomic mass is 16.5. The number of carbonyl (C=O) groups is 2. The van der Waals surface area contributed by atoms with Gasteiger partial charge in [-0.05, 0) is 24.6 Å². The summed E-state index contributed by atoms with van der Waals surface area (Å²) in [7, 11) is 0. The number of carbonyl (C=O) groups excluding carboxylic acids is 2. The first-order chi connectivity index (χ1) is 12.2. The number of amides is 2. The van der Waals surface area contributed by atoms with Crippen molar-refractivity contribution < 1.29 is 14.3 Å². The molecule has 1 heterocycles. The van der Waals surface area contributed by atoms with E-state index in [1.807, 2.05) is 12.1 Å². The average Bonchev–Trinajstić information content (AvgIpc) is 2.64. The summed E-state index contributed by atoms with van der Waals surface area (Å²) in [5, 5.41) is 1.49. The standard InChI is InChI=1S/C21H23NO3/c1-3-5-6-7-13-22-20(23)16-10-8-9-15-18(25-14-4-2)12-11-17(19(15)16)21(22)24/h4,8-12H,2-3,5-7,13-14H2,1H3. The number of hydrogen-bond acceptors (Lipinski definition) is 3. The van der Waals surface area contributed by atoms with Crippen molar-refractivity contribution in [2.24, 2.45) is 0 Å². The lowest BCUT2D eigenvalue weighted by Gasteiger charge is -2.27. The molecule has 0 unspecified atom stereocenters. The van der Waals surface area contributed by atoms with E-state index in [2.05, 4.69) is 13.5 Å². The molecule has 0 aliphatic carbocycles. The smallest absolute Gasteiger partial charge is 0.261 e. The second-order valence-corrected chi connectivity index (χ2v) is 6.26. The van der Waals surface area contributed by atoms with Crippen LogP contribution in [0.15, 0.2) is 43.0 Å². The lowest BCUT2D eigenvalue weighted by atomic mass is 9.93. The molecule has 0 spiro atoms. The predicted molar refractivity (Wildman–Crippen MR) is 99.1 cm³/mol. The molecule has 4 nitrogen and oxygen atoms in total. The molecule has 1 aliphatic heterocycles. The van der Waals surface area contributed by atoms with Gasteiger partial charge < -0.3 is 4.74 Å². The minimum Gasteiger partial charge on any atom is -0.489 e. The molecule has 0 saturated carbocycles. The van der Waals surface area contributed by atoms with Crippen molar-refractivity contribution in [1.82, 2.24) is 4.90 Å². The molecule has 2 aromatic rings. The van der Waals surface area contributed by atoms with Gasteiger partial charge in [0.1, 0.15) is 12.4 Å². The van der Waals surface area contributed by atoms with E-state index in [0.717, 1.165) is 31.1 Å². The van der Waals surface area contributed by atoms with E-state index < -0.39 is 0 Å². The summed E-state index contributed by atoms with van der Waals surface area (Å²) in [4.78, 5) is 27.1. The van der Waals surface area contributed by atoms with Crippen LogP contribution in [-0.4, -0.2) is 29.9 Å². The van der Waals surface area contributed by atoms with E-state index in [1.54, 1.807) is 24.3 Å². The minimum absolute atomic E-state index is 0.208. The molecule has 0 radical (unpaired) electrons. The maximum atomic E-state index is 12.9. The van der Waals surface area contributed by atoms with Crippen molar-refractivity contribution in [1.29, 1.82) is 0 Å². The van der Waals surface area contributed by atoms with Crippen molar-refractivity contribution in [3.05, 3.63) is 54.1 Å². The molecule has 0 bridgehead atoms. The van der Waals surface area contributed by atoms with Crippen molar-refractivity contribution in [3.63, 3.8) is 0 Å². The van der Waals surface area contributed by atoms with Gasteiger partial charge in [-0.1, -0.05) is 51.0 Å². The fourth-order valence-corrected chi connectivity index (χ4v) is 3.29. The van der Waals surface area contributed by atoms with Gasteiger partial charge in [-0.3, -0.25) is 14.5 Å². The molecule has 0 fully saturated rings. The Morgan fingerprint density at radius 2 is 1.80 bits per heavy atom. The van der Waals surface area contributed by atoms with E-state index in [4.69, 9.17) is 4.74 Å². The third kappa shape index (κ3) is 3.16. The first-order valence-corrected chi connectivity index (χ1v) is 8.84. The Balaban J connectivity index is 1.98. The average molecular weight is 337 g/mol. The van der Waals surface area contributed by atoms with Crippen LogP contribution in [0, 0.1) is 0 Å². The van der Waals surface area contributed by atoms with Gasteiger partial charge in [-0.15, -0.1) is 0 Å². The zero-order valence-electron chi connectivity index (χ0n) is 14.6. The van der Waals surface area contributed by atoms with E-state index >= 15 is 0 Å². The Bertz CT molecular complexity index is 803. The van der Waals surface area contributed by atoms with Crippen molar-refractivity contribution in [3.8, 4) is 5.75 Å². The van der Waals surface area contributed by atoms with Crippen LogP contribution >= 0.6 is 0 Å². The Kier molecular flexibility index (Phi) is 5.17. The van der Waals surface area contributed by atoms with Gasteiger partial charge >= 0.3 is 0 Å². The topological polar surface area (TPSA) is 46.6 Å². The van der Waals surface area contributed by atoms with Crippen LogP contribution < -0.4 is 4.74 Å². The molecule has 3 rings (SSSR count). The molecule has 1 aliphatic rings. The van der Waals surface area contributed by atoms with Crippen molar-refractivity contribution in [2.45, 2.75) is 32.6 Å². The first-order valence-electron chi connectivity index (χ1n) is 8.84. The van der Waals surface area contributed by atoms with Crippen molar-refractivity contribution >= 4 is 22.6 Å². The number of benzene rings is 2.